The molecule has 1 unspecified atom stereocenters. The van der Waals surface area contributed by atoms with Gasteiger partial charge in [0.15, 0.2) is 5.96 Å². The number of hydrogen-bond acceptors (Lipinski definition) is 2. The molecule has 21 heavy (non-hydrogen) atoms. The van der Waals surface area contributed by atoms with E-state index in [9.17, 15) is 0 Å². The molecule has 1 atom stereocenters. The first-order valence-electron chi connectivity index (χ1n) is 8.01. The van der Waals surface area contributed by atoms with Crippen LogP contribution in [0.1, 0.15) is 46.0 Å². The van der Waals surface area contributed by atoms with E-state index in [1.807, 2.05) is 0 Å². The third-order valence-corrected chi connectivity index (χ3v) is 3.71. The third-order valence-electron chi connectivity index (χ3n) is 3.71. The fraction of sp³-hybridized carbons (Fsp3) is 0.812. The Hall–Kier alpha value is -0.480. The minimum Gasteiger partial charge on any atom is -0.357 e. The van der Waals surface area contributed by atoms with E-state index >= 15 is 0 Å². The summed E-state index contributed by atoms with van der Waals surface area (Å²) in [4.78, 5) is 7.30. The van der Waals surface area contributed by atoms with Crippen LogP contribution in [0.25, 0.3) is 0 Å². The van der Waals surface area contributed by atoms with E-state index in [2.05, 4.69) is 35.3 Å². The van der Waals surface area contributed by atoms with Gasteiger partial charge in [0.25, 0.3) is 0 Å². The Morgan fingerprint density at radius 1 is 1.33 bits per heavy atom. The monoisotopic (exact) mass is 406 g/mol. The van der Waals surface area contributed by atoms with E-state index < -0.39 is 0 Å². The summed E-state index contributed by atoms with van der Waals surface area (Å²) in [5.41, 5.74) is 0. The molecule has 0 aromatic rings. The second-order valence-corrected chi connectivity index (χ2v) is 5.32. The van der Waals surface area contributed by atoms with Gasteiger partial charge in [-0.05, 0) is 39.3 Å². The first kappa shape index (κ1) is 20.5. The Morgan fingerprint density at radius 3 is 2.81 bits per heavy atom. The largest absolute Gasteiger partial charge is 0.357 e. The minimum atomic E-state index is 0. The number of piperidine rings is 1. The van der Waals surface area contributed by atoms with Crippen molar-refractivity contribution in [3.05, 3.63) is 0 Å². The second kappa shape index (κ2) is 13.2. The molecule has 0 saturated carbocycles. The number of rotatable bonds is 7. The van der Waals surface area contributed by atoms with Crippen molar-refractivity contribution in [2.24, 2.45) is 4.99 Å². The topological polar surface area (TPSA) is 39.7 Å². The van der Waals surface area contributed by atoms with Gasteiger partial charge in [0.2, 0.25) is 0 Å². The van der Waals surface area contributed by atoms with Crippen molar-refractivity contribution >= 4 is 29.9 Å². The highest BCUT2D eigenvalue weighted by molar-refractivity contribution is 14.0. The maximum atomic E-state index is 5.29. The first-order chi connectivity index (χ1) is 9.81. The van der Waals surface area contributed by atoms with Crippen molar-refractivity contribution in [2.75, 3.05) is 32.7 Å². The molecule has 2 N–H and O–H groups in total. The Balaban J connectivity index is 0.00000400. The Kier molecular flexibility index (Phi) is 12.9. The maximum absolute atomic E-state index is 5.29. The van der Waals surface area contributed by atoms with Crippen molar-refractivity contribution in [3.63, 3.8) is 0 Å². The van der Waals surface area contributed by atoms with Crippen LogP contribution in [0.15, 0.2) is 4.99 Å². The molecule has 0 radical (unpaired) electrons. The molecule has 0 spiro atoms. The lowest BCUT2D eigenvalue weighted by molar-refractivity contribution is 0.151. The van der Waals surface area contributed by atoms with Crippen LogP contribution in [0.5, 0.6) is 0 Å². The Morgan fingerprint density at radius 2 is 2.14 bits per heavy atom. The number of hydrogen-bond donors (Lipinski definition) is 2. The minimum absolute atomic E-state index is 0. The standard InChI is InChI=1S/C16H30N4.HI/c1-4-7-12-20-13-9-8-10-15(20)14-19-16(17-6-3)18-11-5-2;/h2,15H,4,6-14H2,1,3H3,(H2,17,18,19);1H. The number of nitrogens with one attached hydrogen (secondary N) is 2. The number of nitrogens with zero attached hydrogens (tertiary/aromatic N) is 2. The molecule has 1 fully saturated rings. The smallest absolute Gasteiger partial charge is 0.192 e. The van der Waals surface area contributed by atoms with Crippen molar-refractivity contribution < 1.29 is 0 Å². The lowest BCUT2D eigenvalue weighted by Crippen LogP contribution is -2.43. The Labute approximate surface area is 147 Å². The average molecular weight is 406 g/mol. The van der Waals surface area contributed by atoms with E-state index in [0.29, 0.717) is 12.6 Å². The van der Waals surface area contributed by atoms with Gasteiger partial charge in [0, 0.05) is 12.6 Å². The van der Waals surface area contributed by atoms with Gasteiger partial charge in [-0.1, -0.05) is 25.7 Å². The summed E-state index contributed by atoms with van der Waals surface area (Å²) in [6, 6.07) is 0.594. The van der Waals surface area contributed by atoms with Gasteiger partial charge >= 0.3 is 0 Å². The fourth-order valence-electron chi connectivity index (χ4n) is 2.60. The summed E-state index contributed by atoms with van der Waals surface area (Å²) < 4.78 is 0. The van der Waals surface area contributed by atoms with Crippen LogP contribution in [-0.4, -0.2) is 49.6 Å². The van der Waals surface area contributed by atoms with Gasteiger partial charge in [0.1, 0.15) is 0 Å². The summed E-state index contributed by atoms with van der Waals surface area (Å²) in [5, 5.41) is 6.39. The molecule has 5 heteroatoms. The molecule has 1 aliphatic heterocycles. The van der Waals surface area contributed by atoms with Gasteiger partial charge in [-0.15, -0.1) is 30.4 Å². The van der Waals surface area contributed by atoms with Crippen molar-refractivity contribution in [3.8, 4) is 12.3 Å². The van der Waals surface area contributed by atoms with Crippen LogP contribution in [0.3, 0.4) is 0 Å². The van der Waals surface area contributed by atoms with Gasteiger partial charge in [-0.3, -0.25) is 9.89 Å². The van der Waals surface area contributed by atoms with Crippen molar-refractivity contribution in [2.45, 2.75) is 52.0 Å². The number of likely N-dealkylation sites (tertiary alicyclic amines) is 1. The van der Waals surface area contributed by atoms with Crippen LogP contribution in [-0.2, 0) is 0 Å². The summed E-state index contributed by atoms with van der Waals surface area (Å²) in [6.07, 6.45) is 11.8. The van der Waals surface area contributed by atoms with Crippen molar-refractivity contribution in [1.29, 1.82) is 0 Å². The van der Waals surface area contributed by atoms with E-state index in [4.69, 9.17) is 11.4 Å². The molecule has 1 heterocycles. The third kappa shape index (κ3) is 8.52. The maximum Gasteiger partial charge on any atom is 0.192 e. The van der Waals surface area contributed by atoms with E-state index in [1.165, 1.54) is 45.2 Å². The van der Waals surface area contributed by atoms with Gasteiger partial charge in [0.05, 0.1) is 13.1 Å². The van der Waals surface area contributed by atoms with E-state index in [-0.39, 0.29) is 24.0 Å². The second-order valence-electron chi connectivity index (χ2n) is 5.32. The molecule has 1 rings (SSSR count). The molecule has 0 aliphatic carbocycles. The van der Waals surface area contributed by atoms with Gasteiger partial charge in [-0.25, -0.2) is 0 Å². The molecule has 0 aromatic carbocycles. The lowest BCUT2D eigenvalue weighted by atomic mass is 10.0. The molecular formula is C16H31IN4. The number of terminal acetylenes is 1. The first-order valence-corrected chi connectivity index (χ1v) is 8.01. The number of guanidine groups is 1. The van der Waals surface area contributed by atoms with Crippen LogP contribution in [0.4, 0.5) is 0 Å². The average Bonchev–Trinajstić information content (AvgIpc) is 2.48. The molecule has 4 nitrogen and oxygen atoms in total. The summed E-state index contributed by atoms with van der Waals surface area (Å²) in [5.74, 6) is 3.43. The molecule has 0 amide bonds. The molecule has 0 aromatic heterocycles. The molecule has 1 aliphatic rings. The summed E-state index contributed by atoms with van der Waals surface area (Å²) in [7, 11) is 0. The predicted molar refractivity (Wildman–Crippen MR) is 102 cm³/mol. The SMILES string of the molecule is C#CCNC(=NCC1CCCCN1CCCC)NCC.I. The normalized spacial score (nSPS) is 19.5. The highest BCUT2D eigenvalue weighted by Gasteiger charge is 2.21. The van der Waals surface area contributed by atoms with E-state index in [0.717, 1.165) is 19.0 Å². The summed E-state index contributed by atoms with van der Waals surface area (Å²) >= 11 is 0. The Bertz CT molecular complexity index is 325. The zero-order valence-electron chi connectivity index (χ0n) is 13.5. The van der Waals surface area contributed by atoms with Crippen LogP contribution in [0.2, 0.25) is 0 Å². The number of halogens is 1. The number of aliphatic imine (C=N–C) groups is 1. The highest BCUT2D eigenvalue weighted by Crippen LogP contribution is 2.17. The van der Waals surface area contributed by atoms with Gasteiger partial charge in [-0.2, -0.15) is 0 Å². The quantitative estimate of drug-likeness (QED) is 0.295. The van der Waals surface area contributed by atoms with Crippen LogP contribution < -0.4 is 10.6 Å². The molecule has 122 valence electrons. The summed E-state index contributed by atoms with van der Waals surface area (Å²) in [6.45, 7) is 9.02. The zero-order chi connectivity index (χ0) is 14.6. The lowest BCUT2D eigenvalue weighted by Gasteiger charge is -2.35. The highest BCUT2D eigenvalue weighted by atomic mass is 127. The van der Waals surface area contributed by atoms with Crippen LogP contribution in [0, 0.1) is 12.3 Å². The van der Waals surface area contributed by atoms with E-state index in [1.54, 1.807) is 0 Å². The van der Waals surface area contributed by atoms with Crippen LogP contribution >= 0.6 is 24.0 Å². The van der Waals surface area contributed by atoms with Crippen molar-refractivity contribution in [1.82, 2.24) is 15.5 Å². The van der Waals surface area contributed by atoms with Gasteiger partial charge < -0.3 is 10.6 Å². The zero-order valence-corrected chi connectivity index (χ0v) is 15.9. The molecule has 0 bridgehead atoms. The molecule has 1 saturated heterocycles. The number of unbranched alkanes of at least 4 members (excludes halogenated alkanes) is 1. The predicted octanol–water partition coefficient (Wildman–Crippen LogP) is 2.45. The fourth-order valence-corrected chi connectivity index (χ4v) is 2.60. The molecular weight excluding hydrogens is 375 g/mol.